The third-order valence-electron chi connectivity index (χ3n) is 7.55. The molecule has 0 aromatic heterocycles. The zero-order chi connectivity index (χ0) is 28.3. The quantitative estimate of drug-likeness (QED) is 0.329. The van der Waals surface area contributed by atoms with E-state index >= 15 is 0 Å². The fraction of sp³-hybridized carbons (Fsp3) is 0.419. The van der Waals surface area contributed by atoms with Crippen molar-refractivity contribution in [2.75, 3.05) is 7.11 Å². The third-order valence-corrected chi connectivity index (χ3v) is 8.73. The molecule has 39 heavy (non-hydrogen) atoms. The minimum Gasteiger partial charge on any atom is -0.493 e. The van der Waals surface area contributed by atoms with E-state index in [1.54, 1.807) is 19.2 Å². The number of halogens is 3. The van der Waals surface area contributed by atoms with E-state index in [0.29, 0.717) is 74.4 Å². The maximum absolute atomic E-state index is 13.6. The van der Waals surface area contributed by atoms with Gasteiger partial charge >= 0.3 is 0 Å². The highest BCUT2D eigenvalue weighted by atomic mass is 79.9. The maximum atomic E-state index is 13.6. The monoisotopic (exact) mass is 632 g/mol. The number of ether oxygens (including phenoxy) is 3. The molecule has 0 radical (unpaired) electrons. The Morgan fingerprint density at radius 3 is 2.05 bits per heavy atom. The highest BCUT2D eigenvalue weighted by Crippen LogP contribution is 2.54. The van der Waals surface area contributed by atoms with Crippen molar-refractivity contribution in [2.24, 2.45) is 10.8 Å². The summed E-state index contributed by atoms with van der Waals surface area (Å²) in [5, 5.41) is 1.06. The van der Waals surface area contributed by atoms with Gasteiger partial charge in [0.2, 0.25) is 0 Å². The molecule has 0 spiro atoms. The Hall–Kier alpha value is -2.28. The molecule has 2 aliphatic carbocycles. The molecule has 1 aliphatic heterocycles. The van der Waals surface area contributed by atoms with E-state index in [1.165, 1.54) is 0 Å². The standard InChI is InChI=1S/C31H31BrCl2O5/c1-30(2)11-21(35)27-24(13-30)39-25-14-31(3,4)12-22(36)28(25)26(27)17-8-19(32)29(23(9-17)37-5)38-15-16-6-7-18(33)10-20(16)34/h6-10,26H,11-15H2,1-5H3. The summed E-state index contributed by atoms with van der Waals surface area (Å²) in [5.74, 6) is 1.84. The zero-order valence-corrected chi connectivity index (χ0v) is 25.8. The molecule has 0 amide bonds. The lowest BCUT2D eigenvalue weighted by Gasteiger charge is -2.42. The topological polar surface area (TPSA) is 61.8 Å². The summed E-state index contributed by atoms with van der Waals surface area (Å²) in [6.07, 6.45) is 2.07. The van der Waals surface area contributed by atoms with Crippen molar-refractivity contribution in [1.82, 2.24) is 0 Å². The van der Waals surface area contributed by atoms with Crippen LogP contribution in [0.1, 0.15) is 70.4 Å². The number of hydrogen-bond donors (Lipinski definition) is 0. The predicted octanol–water partition coefficient (Wildman–Crippen LogP) is 8.74. The van der Waals surface area contributed by atoms with Crippen molar-refractivity contribution in [3.63, 3.8) is 0 Å². The summed E-state index contributed by atoms with van der Waals surface area (Å²) in [6.45, 7) is 8.50. The third kappa shape index (κ3) is 5.53. The number of carbonyl (C=O) groups is 2. The van der Waals surface area contributed by atoms with E-state index in [4.69, 9.17) is 37.4 Å². The van der Waals surface area contributed by atoms with Gasteiger partial charge in [0.05, 0.1) is 11.6 Å². The Morgan fingerprint density at radius 2 is 1.51 bits per heavy atom. The normalized spacial score (nSPS) is 20.4. The van der Waals surface area contributed by atoms with Crippen LogP contribution in [-0.4, -0.2) is 18.7 Å². The van der Waals surface area contributed by atoms with Crippen LogP contribution in [0.4, 0.5) is 0 Å². The molecule has 2 aromatic rings. The number of methoxy groups -OCH3 is 1. The second kappa shape index (κ2) is 10.3. The lowest BCUT2D eigenvalue weighted by molar-refractivity contribution is -0.120. The summed E-state index contributed by atoms with van der Waals surface area (Å²) >= 11 is 16.0. The van der Waals surface area contributed by atoms with E-state index in [2.05, 4.69) is 43.6 Å². The Kier molecular flexibility index (Phi) is 7.45. The van der Waals surface area contributed by atoms with Crippen molar-refractivity contribution in [2.45, 2.75) is 65.9 Å². The van der Waals surface area contributed by atoms with E-state index in [1.807, 2.05) is 18.2 Å². The van der Waals surface area contributed by atoms with Crippen molar-refractivity contribution in [1.29, 1.82) is 0 Å². The van der Waals surface area contributed by atoms with Crippen LogP contribution in [0.3, 0.4) is 0 Å². The maximum Gasteiger partial charge on any atom is 0.175 e. The molecule has 5 nitrogen and oxygen atoms in total. The summed E-state index contributed by atoms with van der Waals surface area (Å²) in [5.41, 5.74) is 2.28. The van der Waals surface area contributed by atoms with E-state index in [-0.39, 0.29) is 29.0 Å². The first-order valence-corrected chi connectivity index (χ1v) is 14.5. The van der Waals surface area contributed by atoms with Gasteiger partial charge in [-0.25, -0.2) is 0 Å². The molecule has 5 rings (SSSR count). The first-order chi connectivity index (χ1) is 18.3. The molecule has 0 atom stereocenters. The van der Waals surface area contributed by atoms with Gasteiger partial charge in [-0.15, -0.1) is 0 Å². The minimum atomic E-state index is -0.527. The molecule has 3 aliphatic rings. The molecule has 0 saturated heterocycles. The molecular weight excluding hydrogens is 603 g/mol. The fourth-order valence-corrected chi connectivity index (χ4v) is 6.88. The van der Waals surface area contributed by atoms with Gasteiger partial charge in [0.15, 0.2) is 23.1 Å². The summed E-state index contributed by atoms with van der Waals surface area (Å²) in [7, 11) is 1.57. The number of Topliss-reactive ketones (excluding diaryl/α,β-unsaturated/α-hetero) is 2. The number of ketones is 2. The summed E-state index contributed by atoms with van der Waals surface area (Å²) < 4.78 is 18.9. The Bertz CT molecular complexity index is 1400. The number of benzene rings is 2. The van der Waals surface area contributed by atoms with Crippen molar-refractivity contribution >= 4 is 50.7 Å². The van der Waals surface area contributed by atoms with E-state index in [9.17, 15) is 9.59 Å². The second-order valence-electron chi connectivity index (χ2n) is 12.1. The minimum absolute atomic E-state index is 0.0169. The van der Waals surface area contributed by atoms with Gasteiger partial charge in [0, 0.05) is 58.4 Å². The molecular formula is C31H31BrCl2O5. The van der Waals surface area contributed by atoms with Crippen molar-refractivity contribution < 1.29 is 23.8 Å². The average molecular weight is 634 g/mol. The van der Waals surface area contributed by atoms with Gasteiger partial charge in [0.1, 0.15) is 18.1 Å². The van der Waals surface area contributed by atoms with Gasteiger partial charge in [-0.1, -0.05) is 57.0 Å². The summed E-state index contributed by atoms with van der Waals surface area (Å²) in [6, 6.07) is 9.01. The fourth-order valence-electron chi connectivity index (χ4n) is 5.84. The predicted molar refractivity (Wildman–Crippen MR) is 155 cm³/mol. The molecule has 8 heteroatoms. The van der Waals surface area contributed by atoms with Gasteiger partial charge in [-0.2, -0.15) is 0 Å². The molecule has 206 valence electrons. The van der Waals surface area contributed by atoms with Crippen LogP contribution in [0.15, 0.2) is 57.5 Å². The number of rotatable bonds is 5. The average Bonchev–Trinajstić information content (AvgIpc) is 2.81. The molecule has 0 unspecified atom stereocenters. The molecule has 1 heterocycles. The number of allylic oxidation sites excluding steroid dienone is 4. The Balaban J connectivity index is 1.59. The van der Waals surface area contributed by atoms with Crippen molar-refractivity contribution in [3.8, 4) is 11.5 Å². The number of hydrogen-bond acceptors (Lipinski definition) is 5. The van der Waals surface area contributed by atoms with Crippen LogP contribution in [0.25, 0.3) is 0 Å². The van der Waals surface area contributed by atoms with Crippen LogP contribution in [0.2, 0.25) is 10.0 Å². The van der Waals surface area contributed by atoms with Gasteiger partial charge in [0.25, 0.3) is 0 Å². The molecule has 0 saturated carbocycles. The van der Waals surface area contributed by atoms with E-state index < -0.39 is 5.92 Å². The summed E-state index contributed by atoms with van der Waals surface area (Å²) in [4.78, 5) is 27.2. The van der Waals surface area contributed by atoms with Crippen LogP contribution in [-0.2, 0) is 20.9 Å². The van der Waals surface area contributed by atoms with Crippen LogP contribution in [0.5, 0.6) is 11.5 Å². The molecule has 0 bridgehead atoms. The zero-order valence-electron chi connectivity index (χ0n) is 22.7. The highest BCUT2D eigenvalue weighted by Gasteiger charge is 2.48. The van der Waals surface area contributed by atoms with Crippen molar-refractivity contribution in [3.05, 3.63) is 78.6 Å². The van der Waals surface area contributed by atoms with Crippen LogP contribution in [0, 0.1) is 10.8 Å². The van der Waals surface area contributed by atoms with Gasteiger partial charge < -0.3 is 14.2 Å². The van der Waals surface area contributed by atoms with Gasteiger partial charge in [-0.3, -0.25) is 9.59 Å². The van der Waals surface area contributed by atoms with E-state index in [0.717, 1.165) is 11.1 Å². The smallest absolute Gasteiger partial charge is 0.175 e. The first-order valence-electron chi connectivity index (χ1n) is 12.9. The Morgan fingerprint density at radius 1 is 0.923 bits per heavy atom. The highest BCUT2D eigenvalue weighted by molar-refractivity contribution is 9.10. The lowest BCUT2D eigenvalue weighted by atomic mass is 9.65. The van der Waals surface area contributed by atoms with Gasteiger partial charge in [-0.05, 0) is 56.6 Å². The molecule has 0 fully saturated rings. The SMILES string of the molecule is COc1cc(C2C3=C(CC(C)(C)CC3=O)OC3=C2C(=O)CC(C)(C)C3)cc(Br)c1OCc1ccc(Cl)cc1Cl. The first kappa shape index (κ1) is 28.3. The second-order valence-corrected chi connectivity index (χ2v) is 13.8. The lowest BCUT2D eigenvalue weighted by Crippen LogP contribution is -2.37. The largest absolute Gasteiger partial charge is 0.493 e. The Labute approximate surface area is 247 Å². The van der Waals surface area contributed by atoms with Crippen LogP contribution >= 0.6 is 39.1 Å². The molecule has 0 N–H and O–H groups in total. The van der Waals surface area contributed by atoms with Crippen LogP contribution < -0.4 is 9.47 Å². The number of carbonyl (C=O) groups excluding carboxylic acids is 2. The molecule has 2 aromatic carbocycles.